The Labute approximate surface area is 103 Å². The van der Waals surface area contributed by atoms with Crippen molar-refractivity contribution < 1.29 is 14.3 Å². The van der Waals surface area contributed by atoms with E-state index in [4.69, 9.17) is 15.3 Å². The van der Waals surface area contributed by atoms with Gasteiger partial charge in [-0.15, -0.1) is 0 Å². The molecule has 2 rings (SSSR count). The predicted octanol–water partition coefficient (Wildman–Crippen LogP) is 0.852. The maximum atomic E-state index is 11.3. The summed E-state index contributed by atoms with van der Waals surface area (Å²) in [7, 11) is 1.59. The highest BCUT2D eigenvalue weighted by Gasteiger charge is 2.22. The number of rotatable bonds is 3. The number of aromatic nitrogens is 1. The minimum atomic E-state index is -0.955. The van der Waals surface area contributed by atoms with E-state index in [0.29, 0.717) is 16.7 Å². The minimum Gasteiger partial charge on any atom is -0.481 e. The topological polar surface area (TPSA) is 98.5 Å². The van der Waals surface area contributed by atoms with Crippen LogP contribution in [0.5, 0.6) is 0 Å². The quantitative estimate of drug-likeness (QED) is 0.841. The lowest BCUT2D eigenvalue weighted by molar-refractivity contribution is -0.141. The summed E-state index contributed by atoms with van der Waals surface area (Å²) in [6, 6.07) is 4.36. The monoisotopic (exact) mass is 250 g/mol. The SMILES string of the molecule is CC(C(=O)O)C(N)c1ccc2oc(=O)n(C)c2c1. The first-order valence-electron chi connectivity index (χ1n) is 5.49. The fourth-order valence-corrected chi connectivity index (χ4v) is 1.79. The Morgan fingerprint density at radius 3 is 2.78 bits per heavy atom. The largest absolute Gasteiger partial charge is 0.481 e. The third-order valence-corrected chi connectivity index (χ3v) is 3.13. The zero-order valence-corrected chi connectivity index (χ0v) is 10.1. The number of carboxylic acid groups (broad SMARTS) is 1. The summed E-state index contributed by atoms with van der Waals surface area (Å²) in [4.78, 5) is 22.2. The first-order chi connectivity index (χ1) is 8.41. The van der Waals surface area contributed by atoms with Gasteiger partial charge in [-0.1, -0.05) is 13.0 Å². The van der Waals surface area contributed by atoms with E-state index in [1.165, 1.54) is 4.57 Å². The summed E-state index contributed by atoms with van der Waals surface area (Å²) < 4.78 is 6.35. The van der Waals surface area contributed by atoms with Crippen LogP contribution in [0.25, 0.3) is 11.1 Å². The van der Waals surface area contributed by atoms with Gasteiger partial charge < -0.3 is 15.3 Å². The molecule has 0 saturated heterocycles. The number of carboxylic acids is 1. The molecule has 3 N–H and O–H groups in total. The molecule has 18 heavy (non-hydrogen) atoms. The van der Waals surface area contributed by atoms with Gasteiger partial charge in [-0.2, -0.15) is 0 Å². The molecule has 0 radical (unpaired) electrons. The van der Waals surface area contributed by atoms with Crippen LogP contribution >= 0.6 is 0 Å². The number of hydrogen-bond donors (Lipinski definition) is 2. The van der Waals surface area contributed by atoms with Gasteiger partial charge in [0.2, 0.25) is 0 Å². The summed E-state index contributed by atoms with van der Waals surface area (Å²) in [6.45, 7) is 1.55. The zero-order valence-electron chi connectivity index (χ0n) is 10.1. The van der Waals surface area contributed by atoms with Crippen molar-refractivity contribution in [3.63, 3.8) is 0 Å². The second kappa shape index (κ2) is 4.30. The van der Waals surface area contributed by atoms with Gasteiger partial charge >= 0.3 is 11.7 Å². The first-order valence-corrected chi connectivity index (χ1v) is 5.49. The Morgan fingerprint density at radius 1 is 1.50 bits per heavy atom. The number of nitrogens with two attached hydrogens (primary N) is 1. The number of aryl methyl sites for hydroxylation is 1. The molecule has 2 aromatic rings. The molecule has 2 unspecified atom stereocenters. The van der Waals surface area contributed by atoms with Crippen molar-refractivity contribution >= 4 is 17.1 Å². The van der Waals surface area contributed by atoms with E-state index < -0.39 is 23.7 Å². The Bertz CT molecular complexity index is 656. The van der Waals surface area contributed by atoms with Gasteiger partial charge in [-0.05, 0) is 17.7 Å². The van der Waals surface area contributed by atoms with Crippen molar-refractivity contribution in [2.24, 2.45) is 18.7 Å². The standard InChI is InChI=1S/C12H14N2O4/c1-6(11(15)16)10(13)7-3-4-9-8(5-7)14(2)12(17)18-9/h3-6,10H,13H2,1-2H3,(H,15,16). The molecule has 1 aromatic heterocycles. The number of nitrogens with zero attached hydrogens (tertiary/aromatic N) is 1. The number of aliphatic carboxylic acids is 1. The molecule has 1 heterocycles. The fourth-order valence-electron chi connectivity index (χ4n) is 1.79. The Balaban J connectivity index is 2.50. The minimum absolute atomic E-state index is 0.456. The normalized spacial score (nSPS) is 14.6. The van der Waals surface area contributed by atoms with E-state index in [1.807, 2.05) is 0 Å². The van der Waals surface area contributed by atoms with Gasteiger partial charge in [-0.25, -0.2) is 4.79 Å². The van der Waals surface area contributed by atoms with Crippen molar-refractivity contribution in [3.8, 4) is 0 Å². The fraction of sp³-hybridized carbons (Fsp3) is 0.333. The van der Waals surface area contributed by atoms with Crippen LogP contribution in [0, 0.1) is 5.92 Å². The van der Waals surface area contributed by atoms with Crippen molar-refractivity contribution in [2.45, 2.75) is 13.0 Å². The maximum absolute atomic E-state index is 11.3. The molecular weight excluding hydrogens is 236 g/mol. The second-order valence-electron chi connectivity index (χ2n) is 4.31. The number of benzene rings is 1. The van der Waals surface area contributed by atoms with E-state index in [9.17, 15) is 9.59 Å². The van der Waals surface area contributed by atoms with Crippen molar-refractivity contribution in [2.75, 3.05) is 0 Å². The molecule has 0 amide bonds. The predicted molar refractivity (Wildman–Crippen MR) is 65.2 cm³/mol. The molecule has 0 saturated carbocycles. The number of hydrogen-bond acceptors (Lipinski definition) is 4. The van der Waals surface area contributed by atoms with Crippen molar-refractivity contribution in [1.29, 1.82) is 0 Å². The average molecular weight is 250 g/mol. The maximum Gasteiger partial charge on any atom is 0.419 e. The van der Waals surface area contributed by atoms with Crippen LogP contribution in [-0.2, 0) is 11.8 Å². The number of oxazole rings is 1. The van der Waals surface area contributed by atoms with E-state index in [0.717, 1.165) is 0 Å². The highest BCUT2D eigenvalue weighted by Crippen LogP contribution is 2.23. The third kappa shape index (κ3) is 1.91. The third-order valence-electron chi connectivity index (χ3n) is 3.13. The summed E-state index contributed by atoms with van der Waals surface area (Å²) in [5.41, 5.74) is 7.61. The summed E-state index contributed by atoms with van der Waals surface area (Å²) >= 11 is 0. The van der Waals surface area contributed by atoms with Gasteiger partial charge in [0.25, 0.3) is 0 Å². The molecule has 0 aliphatic heterocycles. The zero-order chi connectivity index (χ0) is 13.4. The van der Waals surface area contributed by atoms with E-state index in [2.05, 4.69) is 0 Å². The Hall–Kier alpha value is -2.08. The molecule has 2 atom stereocenters. The molecule has 6 heteroatoms. The highest BCUT2D eigenvalue weighted by molar-refractivity contribution is 5.75. The molecule has 0 fully saturated rings. The second-order valence-corrected chi connectivity index (χ2v) is 4.31. The summed E-state index contributed by atoms with van der Waals surface area (Å²) in [5, 5.41) is 8.93. The van der Waals surface area contributed by atoms with Crippen molar-refractivity contribution in [1.82, 2.24) is 4.57 Å². The van der Waals surface area contributed by atoms with Gasteiger partial charge in [0, 0.05) is 13.1 Å². The van der Waals surface area contributed by atoms with Crippen LogP contribution in [0.4, 0.5) is 0 Å². The van der Waals surface area contributed by atoms with Crippen LogP contribution in [-0.4, -0.2) is 15.6 Å². The van der Waals surface area contributed by atoms with Crippen LogP contribution in [0.15, 0.2) is 27.4 Å². The summed E-state index contributed by atoms with van der Waals surface area (Å²) in [5.74, 6) is -2.11. The lowest BCUT2D eigenvalue weighted by Crippen LogP contribution is -2.25. The van der Waals surface area contributed by atoms with E-state index >= 15 is 0 Å². The molecule has 96 valence electrons. The average Bonchev–Trinajstić information content (AvgIpc) is 2.63. The lowest BCUT2D eigenvalue weighted by Gasteiger charge is -2.16. The summed E-state index contributed by atoms with van der Waals surface area (Å²) in [6.07, 6.45) is 0. The Morgan fingerprint density at radius 2 is 2.17 bits per heavy atom. The van der Waals surface area contributed by atoms with Gasteiger partial charge in [0.15, 0.2) is 5.58 Å². The smallest absolute Gasteiger partial charge is 0.419 e. The van der Waals surface area contributed by atoms with Crippen LogP contribution in [0.1, 0.15) is 18.5 Å². The molecule has 6 nitrogen and oxygen atoms in total. The number of fused-ring (bicyclic) bond motifs is 1. The van der Waals surface area contributed by atoms with Crippen LogP contribution in [0.2, 0.25) is 0 Å². The first kappa shape index (κ1) is 12.4. The van der Waals surface area contributed by atoms with Gasteiger partial charge in [-0.3, -0.25) is 9.36 Å². The number of carbonyl (C=O) groups is 1. The van der Waals surface area contributed by atoms with E-state index in [1.54, 1.807) is 32.2 Å². The molecular formula is C12H14N2O4. The molecule has 1 aromatic carbocycles. The molecule has 0 spiro atoms. The Kier molecular flexibility index (Phi) is 2.96. The van der Waals surface area contributed by atoms with E-state index in [-0.39, 0.29) is 0 Å². The van der Waals surface area contributed by atoms with Gasteiger partial charge in [0.1, 0.15) is 0 Å². The molecule has 0 aliphatic rings. The lowest BCUT2D eigenvalue weighted by atomic mass is 9.95. The highest BCUT2D eigenvalue weighted by atomic mass is 16.4. The van der Waals surface area contributed by atoms with Crippen LogP contribution in [0.3, 0.4) is 0 Å². The van der Waals surface area contributed by atoms with Gasteiger partial charge in [0.05, 0.1) is 11.4 Å². The van der Waals surface area contributed by atoms with Crippen LogP contribution < -0.4 is 11.5 Å². The molecule has 0 bridgehead atoms. The molecule has 0 aliphatic carbocycles. The van der Waals surface area contributed by atoms with Crippen molar-refractivity contribution in [3.05, 3.63) is 34.3 Å².